The summed E-state index contributed by atoms with van der Waals surface area (Å²) in [5.74, 6) is 0. The summed E-state index contributed by atoms with van der Waals surface area (Å²) in [5.41, 5.74) is 3.03. The molecule has 1 aromatic heterocycles. The monoisotopic (exact) mass is 230 g/mol. The quantitative estimate of drug-likeness (QED) is 0.580. The summed E-state index contributed by atoms with van der Waals surface area (Å²) in [6.07, 6.45) is 0. The normalized spacial score (nSPS) is 9.88. The molecule has 16 heavy (non-hydrogen) atoms. The van der Waals surface area contributed by atoms with E-state index in [0.29, 0.717) is 0 Å². The molecular formula is C11H9BNO2S. The second-order valence-electron chi connectivity index (χ2n) is 3.10. The molecule has 3 aromatic rings. The van der Waals surface area contributed by atoms with Crippen LogP contribution in [0.15, 0.2) is 41.9 Å². The van der Waals surface area contributed by atoms with Crippen molar-refractivity contribution in [3.63, 3.8) is 0 Å². The maximum Gasteiger partial charge on any atom is 0.482 e. The molecular weight excluding hydrogens is 221 g/mol. The first-order valence-corrected chi connectivity index (χ1v) is 5.56. The highest BCUT2D eigenvalue weighted by atomic mass is 32.1. The number of benzene rings is 2. The minimum Gasteiger partial charge on any atom is -0.429 e. The molecule has 0 aliphatic heterocycles. The molecule has 0 saturated carbocycles. The molecule has 79 valence electrons. The summed E-state index contributed by atoms with van der Waals surface area (Å²) in [7, 11) is 0. The van der Waals surface area contributed by atoms with E-state index in [1.807, 2.05) is 5.51 Å². The van der Waals surface area contributed by atoms with Gasteiger partial charge >= 0.3 is 7.69 Å². The first-order chi connectivity index (χ1) is 7.86. The van der Waals surface area contributed by atoms with E-state index < -0.39 is 0 Å². The van der Waals surface area contributed by atoms with Crippen LogP contribution in [0.1, 0.15) is 0 Å². The van der Waals surface area contributed by atoms with E-state index in [-0.39, 0.29) is 7.69 Å². The molecule has 0 fully saturated rings. The second-order valence-corrected chi connectivity index (χ2v) is 3.99. The van der Waals surface area contributed by atoms with Crippen molar-refractivity contribution in [1.29, 1.82) is 0 Å². The van der Waals surface area contributed by atoms with E-state index in [1.165, 1.54) is 15.5 Å². The van der Waals surface area contributed by atoms with Crippen molar-refractivity contribution in [3.05, 3.63) is 41.9 Å². The topological polar surface area (TPSA) is 53.4 Å². The highest BCUT2D eigenvalue weighted by Crippen LogP contribution is 2.26. The Bertz CT molecular complexity index is 596. The number of hydrogen-bond donors (Lipinski definition) is 2. The van der Waals surface area contributed by atoms with Crippen molar-refractivity contribution in [2.45, 2.75) is 0 Å². The van der Waals surface area contributed by atoms with Gasteiger partial charge in [-0.25, -0.2) is 4.98 Å². The number of hydrogen-bond acceptors (Lipinski definition) is 4. The standard InChI is InChI=1S/C11H7NS.BH2O2/c1-2-4-9-8(3-1)5-6-10-11(9)12-7-13-10;2-1-3/h1-7H;2-3H. The zero-order chi connectivity index (χ0) is 11.4. The Balaban J connectivity index is 0.000000292. The van der Waals surface area contributed by atoms with E-state index in [4.69, 9.17) is 10.0 Å². The molecule has 5 heteroatoms. The smallest absolute Gasteiger partial charge is 0.429 e. The van der Waals surface area contributed by atoms with Crippen LogP contribution in [0.2, 0.25) is 0 Å². The Morgan fingerprint density at radius 2 is 1.81 bits per heavy atom. The number of fused-ring (bicyclic) bond motifs is 3. The van der Waals surface area contributed by atoms with Gasteiger partial charge in [0.1, 0.15) is 0 Å². The van der Waals surface area contributed by atoms with Crippen LogP contribution < -0.4 is 0 Å². The third-order valence-electron chi connectivity index (χ3n) is 2.23. The van der Waals surface area contributed by atoms with E-state index >= 15 is 0 Å². The van der Waals surface area contributed by atoms with E-state index in [1.54, 1.807) is 11.3 Å². The molecule has 0 spiro atoms. The lowest BCUT2D eigenvalue weighted by Crippen LogP contribution is -1.75. The molecule has 0 atom stereocenters. The van der Waals surface area contributed by atoms with Crippen LogP contribution >= 0.6 is 11.3 Å². The van der Waals surface area contributed by atoms with E-state index in [0.717, 1.165) is 5.52 Å². The summed E-state index contributed by atoms with van der Waals surface area (Å²) in [6.45, 7) is 0. The fourth-order valence-electron chi connectivity index (χ4n) is 1.60. The van der Waals surface area contributed by atoms with Gasteiger partial charge in [-0.3, -0.25) is 0 Å². The molecule has 3 nitrogen and oxygen atoms in total. The number of rotatable bonds is 0. The van der Waals surface area contributed by atoms with Gasteiger partial charge in [-0.1, -0.05) is 30.3 Å². The van der Waals surface area contributed by atoms with Crippen LogP contribution in [0.25, 0.3) is 21.0 Å². The van der Waals surface area contributed by atoms with Crippen molar-refractivity contribution < 1.29 is 10.0 Å². The zero-order valence-corrected chi connectivity index (χ0v) is 9.19. The summed E-state index contributed by atoms with van der Waals surface area (Å²) in [4.78, 5) is 4.37. The number of aromatic nitrogens is 1. The first-order valence-electron chi connectivity index (χ1n) is 4.68. The number of nitrogens with zero attached hydrogens (tertiary/aromatic N) is 1. The predicted octanol–water partition coefficient (Wildman–Crippen LogP) is 1.95. The molecule has 2 N–H and O–H groups in total. The molecule has 0 unspecified atom stereocenters. The maximum atomic E-state index is 7.00. The zero-order valence-electron chi connectivity index (χ0n) is 8.37. The molecule has 2 aromatic carbocycles. The second kappa shape index (κ2) is 5.07. The molecule has 1 radical (unpaired) electrons. The van der Waals surface area contributed by atoms with Crippen molar-refractivity contribution in [1.82, 2.24) is 4.98 Å². The minimum absolute atomic E-state index is 0. The molecule has 0 amide bonds. The molecule has 3 rings (SSSR count). The van der Waals surface area contributed by atoms with Crippen molar-refractivity contribution >= 4 is 40.0 Å². The molecule has 0 bridgehead atoms. The minimum atomic E-state index is 0. The van der Waals surface area contributed by atoms with Crippen LogP contribution in [-0.4, -0.2) is 22.7 Å². The highest BCUT2D eigenvalue weighted by Gasteiger charge is 2.00. The molecule has 0 aliphatic rings. The largest absolute Gasteiger partial charge is 0.482 e. The lowest BCUT2D eigenvalue weighted by molar-refractivity contribution is 0.448. The fraction of sp³-hybridized carbons (Fsp3) is 0. The summed E-state index contributed by atoms with van der Waals surface area (Å²) in [6, 6.07) is 12.6. The van der Waals surface area contributed by atoms with Gasteiger partial charge in [0.15, 0.2) is 0 Å². The van der Waals surface area contributed by atoms with Crippen LogP contribution in [0.4, 0.5) is 0 Å². The Kier molecular flexibility index (Phi) is 3.51. The lowest BCUT2D eigenvalue weighted by atomic mass is 10.1. The highest BCUT2D eigenvalue weighted by molar-refractivity contribution is 7.16. The number of thiazole rings is 1. The van der Waals surface area contributed by atoms with Crippen LogP contribution in [0.5, 0.6) is 0 Å². The van der Waals surface area contributed by atoms with Gasteiger partial charge in [-0.05, 0) is 11.5 Å². The van der Waals surface area contributed by atoms with Gasteiger partial charge in [0, 0.05) is 5.39 Å². The van der Waals surface area contributed by atoms with Gasteiger partial charge < -0.3 is 10.0 Å². The molecule has 0 saturated heterocycles. The van der Waals surface area contributed by atoms with Gasteiger partial charge in [-0.2, -0.15) is 0 Å². The maximum absolute atomic E-state index is 7.00. The summed E-state index contributed by atoms with van der Waals surface area (Å²) < 4.78 is 1.26. The first kappa shape index (κ1) is 11.1. The Morgan fingerprint density at radius 3 is 2.62 bits per heavy atom. The van der Waals surface area contributed by atoms with Gasteiger partial charge in [0.05, 0.1) is 15.7 Å². The average molecular weight is 230 g/mol. The summed E-state index contributed by atoms with van der Waals surface area (Å²) in [5, 5.41) is 16.5. The van der Waals surface area contributed by atoms with Crippen molar-refractivity contribution in [3.8, 4) is 0 Å². The van der Waals surface area contributed by atoms with Gasteiger partial charge in [0.25, 0.3) is 0 Å². The third kappa shape index (κ3) is 2.06. The predicted molar refractivity (Wildman–Crippen MR) is 67.3 cm³/mol. The Morgan fingerprint density at radius 1 is 1.06 bits per heavy atom. The van der Waals surface area contributed by atoms with Crippen LogP contribution in [0, 0.1) is 0 Å². The van der Waals surface area contributed by atoms with Crippen molar-refractivity contribution in [2.24, 2.45) is 0 Å². The van der Waals surface area contributed by atoms with Crippen LogP contribution in [-0.2, 0) is 0 Å². The SMILES string of the molecule is O[B]O.c1ccc2c(c1)ccc1scnc12. The van der Waals surface area contributed by atoms with Crippen molar-refractivity contribution in [2.75, 3.05) is 0 Å². The van der Waals surface area contributed by atoms with Gasteiger partial charge in [-0.15, -0.1) is 11.3 Å². The molecule has 1 heterocycles. The van der Waals surface area contributed by atoms with E-state index in [2.05, 4.69) is 41.4 Å². The Hall–Kier alpha value is -1.43. The lowest BCUT2D eigenvalue weighted by Gasteiger charge is -1.96. The van der Waals surface area contributed by atoms with E-state index in [9.17, 15) is 0 Å². The average Bonchev–Trinajstić information content (AvgIpc) is 2.78. The van der Waals surface area contributed by atoms with Gasteiger partial charge in [0.2, 0.25) is 0 Å². The third-order valence-corrected chi connectivity index (χ3v) is 3.02. The summed E-state index contributed by atoms with van der Waals surface area (Å²) >= 11 is 1.69. The Labute approximate surface area is 97.3 Å². The fourth-order valence-corrected chi connectivity index (χ4v) is 2.29. The van der Waals surface area contributed by atoms with Crippen LogP contribution in [0.3, 0.4) is 0 Å². The molecule has 0 aliphatic carbocycles.